The Balaban J connectivity index is 2.50. The first-order valence-corrected chi connectivity index (χ1v) is 7.00. The second kappa shape index (κ2) is 5.49. The molecule has 2 heterocycles. The van der Waals surface area contributed by atoms with Crippen LogP contribution in [0.15, 0.2) is 11.6 Å². The van der Waals surface area contributed by atoms with Gasteiger partial charge in [0.2, 0.25) is 5.91 Å². The van der Waals surface area contributed by atoms with Crippen LogP contribution >= 0.6 is 11.3 Å². The molecule has 2 rings (SSSR count). The Morgan fingerprint density at radius 1 is 1.55 bits per heavy atom. The van der Waals surface area contributed by atoms with E-state index in [2.05, 4.69) is 4.98 Å². The lowest BCUT2D eigenvalue weighted by Crippen LogP contribution is -2.37. The number of fused-ring (bicyclic) bond motifs is 1. The van der Waals surface area contributed by atoms with E-state index in [0.29, 0.717) is 11.5 Å². The number of nitrogens with two attached hydrogens (primary N) is 1. The molecule has 108 valence electrons. The lowest BCUT2D eigenvalue weighted by molar-refractivity contribution is -0.116. The number of nitrogens with zero attached hydrogens (tertiary/aromatic N) is 3. The average molecular weight is 296 g/mol. The van der Waals surface area contributed by atoms with Crippen LogP contribution in [-0.2, 0) is 4.79 Å². The summed E-state index contributed by atoms with van der Waals surface area (Å²) < 4.78 is 1.51. The van der Waals surface area contributed by atoms with E-state index in [-0.39, 0.29) is 24.0 Å². The van der Waals surface area contributed by atoms with Crippen LogP contribution in [0.3, 0.4) is 0 Å². The van der Waals surface area contributed by atoms with E-state index in [1.54, 1.807) is 16.5 Å². The molecule has 0 aliphatic heterocycles. The van der Waals surface area contributed by atoms with E-state index in [4.69, 9.17) is 5.73 Å². The van der Waals surface area contributed by atoms with Crippen LogP contribution < -0.4 is 10.6 Å². The van der Waals surface area contributed by atoms with Gasteiger partial charge in [0.05, 0.1) is 6.54 Å². The lowest BCUT2D eigenvalue weighted by atomic mass is 10.2. The fourth-order valence-electron chi connectivity index (χ4n) is 2.05. The summed E-state index contributed by atoms with van der Waals surface area (Å²) in [7, 11) is 0. The highest BCUT2D eigenvalue weighted by atomic mass is 32.1. The monoisotopic (exact) mass is 296 g/mol. The van der Waals surface area contributed by atoms with Crippen LogP contribution in [0.5, 0.6) is 0 Å². The van der Waals surface area contributed by atoms with Crippen LogP contribution in [0.1, 0.15) is 24.3 Å². The molecule has 0 fully saturated rings. The molecule has 20 heavy (non-hydrogen) atoms. The second-order valence-corrected chi connectivity index (χ2v) is 5.76. The standard InChI is InChI=1S/C12H16N4O3S/c1-7(2)5-15(6-8(13)17)10-9(11(18)19)16-3-4-20-12(16)14-10/h3-4,7H,5-6H2,1-2H3,(H2,13,17)(H,18,19). The minimum atomic E-state index is -1.08. The topological polar surface area (TPSA) is 101 Å². The van der Waals surface area contributed by atoms with Gasteiger partial charge in [0, 0.05) is 18.1 Å². The Hall–Kier alpha value is -2.09. The van der Waals surface area contributed by atoms with Crippen molar-refractivity contribution in [3.05, 3.63) is 17.3 Å². The van der Waals surface area contributed by atoms with Gasteiger partial charge in [-0.15, -0.1) is 11.3 Å². The van der Waals surface area contributed by atoms with E-state index in [1.165, 1.54) is 15.7 Å². The van der Waals surface area contributed by atoms with Crippen LogP contribution in [0, 0.1) is 5.92 Å². The van der Waals surface area contributed by atoms with Crippen LogP contribution in [0.2, 0.25) is 0 Å². The maximum Gasteiger partial charge on any atom is 0.356 e. The Kier molecular flexibility index (Phi) is 3.93. The summed E-state index contributed by atoms with van der Waals surface area (Å²) in [6.07, 6.45) is 1.65. The van der Waals surface area contributed by atoms with Gasteiger partial charge in [0.25, 0.3) is 0 Å². The van der Waals surface area contributed by atoms with Gasteiger partial charge in [-0.05, 0) is 5.92 Å². The highest BCUT2D eigenvalue weighted by Gasteiger charge is 2.25. The number of amides is 1. The first kappa shape index (κ1) is 14.3. The van der Waals surface area contributed by atoms with Gasteiger partial charge in [-0.2, -0.15) is 0 Å². The quantitative estimate of drug-likeness (QED) is 0.829. The zero-order valence-corrected chi connectivity index (χ0v) is 12.1. The molecule has 0 aliphatic rings. The molecule has 0 spiro atoms. The van der Waals surface area contributed by atoms with E-state index in [1.807, 2.05) is 13.8 Å². The van der Waals surface area contributed by atoms with Crippen molar-refractivity contribution in [3.8, 4) is 0 Å². The number of hydrogen-bond acceptors (Lipinski definition) is 5. The predicted octanol–water partition coefficient (Wildman–Crippen LogP) is 1.04. The first-order chi connectivity index (χ1) is 9.40. The Bertz CT molecular complexity index is 646. The number of aromatic carboxylic acids is 1. The SMILES string of the molecule is CC(C)CN(CC(N)=O)c1nc2sccn2c1C(=O)O. The maximum absolute atomic E-state index is 11.5. The normalized spacial score (nSPS) is 11.2. The van der Waals surface area contributed by atoms with Crippen molar-refractivity contribution < 1.29 is 14.7 Å². The zero-order valence-electron chi connectivity index (χ0n) is 11.2. The van der Waals surface area contributed by atoms with Gasteiger partial charge in [-0.3, -0.25) is 9.20 Å². The zero-order chi connectivity index (χ0) is 14.9. The van der Waals surface area contributed by atoms with Gasteiger partial charge in [0.15, 0.2) is 16.5 Å². The molecule has 3 N–H and O–H groups in total. The largest absolute Gasteiger partial charge is 0.476 e. The molecule has 0 aliphatic carbocycles. The van der Waals surface area contributed by atoms with Gasteiger partial charge < -0.3 is 15.7 Å². The van der Waals surface area contributed by atoms with Crippen molar-refractivity contribution in [1.82, 2.24) is 9.38 Å². The number of anilines is 1. The molecule has 7 nitrogen and oxygen atoms in total. The Labute approximate surface area is 119 Å². The van der Waals surface area contributed by atoms with Crippen molar-refractivity contribution in [1.29, 1.82) is 0 Å². The summed E-state index contributed by atoms with van der Waals surface area (Å²) >= 11 is 1.34. The number of carbonyl (C=O) groups is 2. The first-order valence-electron chi connectivity index (χ1n) is 6.12. The smallest absolute Gasteiger partial charge is 0.356 e. The third kappa shape index (κ3) is 2.74. The molecule has 2 aromatic heterocycles. The number of imidazole rings is 1. The molecule has 2 aromatic rings. The molecule has 8 heteroatoms. The molecule has 0 atom stereocenters. The van der Waals surface area contributed by atoms with E-state index in [9.17, 15) is 14.7 Å². The van der Waals surface area contributed by atoms with Crippen molar-refractivity contribution in [2.24, 2.45) is 11.7 Å². The third-order valence-corrected chi connectivity index (χ3v) is 3.43. The molecule has 0 aromatic carbocycles. The van der Waals surface area contributed by atoms with Gasteiger partial charge in [-0.25, -0.2) is 9.78 Å². The number of carboxylic acid groups (broad SMARTS) is 1. The molecule has 0 radical (unpaired) electrons. The van der Waals surface area contributed by atoms with E-state index < -0.39 is 11.9 Å². The van der Waals surface area contributed by atoms with E-state index >= 15 is 0 Å². The number of hydrogen-bond donors (Lipinski definition) is 2. The van der Waals surface area contributed by atoms with Crippen LogP contribution in [0.25, 0.3) is 4.96 Å². The third-order valence-electron chi connectivity index (χ3n) is 2.68. The molecule has 0 unspecified atom stereocenters. The van der Waals surface area contributed by atoms with E-state index in [0.717, 1.165) is 0 Å². The summed E-state index contributed by atoms with van der Waals surface area (Å²) in [6, 6.07) is 0. The molecular weight excluding hydrogens is 280 g/mol. The highest BCUT2D eigenvalue weighted by Crippen LogP contribution is 2.25. The number of carboxylic acids is 1. The molecule has 0 saturated carbocycles. The number of aromatic nitrogens is 2. The van der Waals surface area contributed by atoms with Gasteiger partial charge in [-0.1, -0.05) is 13.8 Å². The van der Waals surface area contributed by atoms with Crippen molar-refractivity contribution in [2.75, 3.05) is 18.0 Å². The fraction of sp³-hybridized carbons (Fsp3) is 0.417. The summed E-state index contributed by atoms with van der Waals surface area (Å²) in [5, 5.41) is 11.2. The van der Waals surface area contributed by atoms with Crippen molar-refractivity contribution in [2.45, 2.75) is 13.8 Å². The van der Waals surface area contributed by atoms with Gasteiger partial charge >= 0.3 is 5.97 Å². The molecule has 0 saturated heterocycles. The molecule has 0 bridgehead atoms. The minimum absolute atomic E-state index is 0.0523. The highest BCUT2D eigenvalue weighted by molar-refractivity contribution is 7.15. The average Bonchev–Trinajstić information content (AvgIpc) is 2.84. The number of carbonyl (C=O) groups excluding carboxylic acids is 1. The maximum atomic E-state index is 11.5. The number of rotatable bonds is 6. The summed E-state index contributed by atoms with van der Waals surface area (Å²) in [4.78, 5) is 29.2. The molecular formula is C12H16N4O3S. The van der Waals surface area contributed by atoms with Crippen molar-refractivity contribution >= 4 is 34.0 Å². The second-order valence-electron chi connectivity index (χ2n) is 4.89. The fourth-order valence-corrected chi connectivity index (χ4v) is 2.76. The lowest BCUT2D eigenvalue weighted by Gasteiger charge is -2.23. The summed E-state index contributed by atoms with van der Waals surface area (Å²) in [5.41, 5.74) is 5.30. The summed E-state index contributed by atoms with van der Waals surface area (Å²) in [6.45, 7) is 4.41. The van der Waals surface area contributed by atoms with Crippen LogP contribution in [-0.4, -0.2) is 39.5 Å². The molecule has 1 amide bonds. The minimum Gasteiger partial charge on any atom is -0.476 e. The van der Waals surface area contributed by atoms with Gasteiger partial charge in [0.1, 0.15) is 0 Å². The Morgan fingerprint density at radius 2 is 2.25 bits per heavy atom. The number of primary amides is 1. The summed E-state index contributed by atoms with van der Waals surface area (Å²) in [5.74, 6) is -1.06. The van der Waals surface area contributed by atoms with Crippen molar-refractivity contribution in [3.63, 3.8) is 0 Å². The van der Waals surface area contributed by atoms with Crippen LogP contribution in [0.4, 0.5) is 5.82 Å². The number of thiazole rings is 1. The Morgan fingerprint density at radius 3 is 2.80 bits per heavy atom. The predicted molar refractivity (Wildman–Crippen MR) is 76.3 cm³/mol.